The number of rotatable bonds is 4. The summed E-state index contributed by atoms with van der Waals surface area (Å²) in [4.78, 5) is 11.2. The zero-order chi connectivity index (χ0) is 11.3. The van der Waals surface area contributed by atoms with E-state index in [0.29, 0.717) is 12.3 Å². The van der Waals surface area contributed by atoms with Gasteiger partial charge in [0, 0.05) is 12.8 Å². The molecular weight excluding hydrogens is 199 g/mol. The van der Waals surface area contributed by atoms with E-state index in [1.807, 2.05) is 0 Å². The molecule has 0 heterocycles. The Morgan fingerprint density at radius 2 is 2.33 bits per heavy atom. The number of nitrogen functional groups attached to an aromatic ring is 1. The molecule has 0 aliphatic carbocycles. The molecule has 0 saturated carbocycles. The summed E-state index contributed by atoms with van der Waals surface area (Å²) in [7, 11) is 1.52. The van der Waals surface area contributed by atoms with Crippen molar-refractivity contribution in [2.45, 2.75) is 6.42 Å². The Kier molecular flexibility index (Phi) is 4.05. The number of carbonyl (C=O) groups is 1. The van der Waals surface area contributed by atoms with Gasteiger partial charge in [-0.2, -0.15) is 0 Å². The molecule has 0 aliphatic rings. The second-order valence-corrected chi connectivity index (χ2v) is 3.03. The van der Waals surface area contributed by atoms with Gasteiger partial charge in [0.25, 0.3) is 0 Å². The van der Waals surface area contributed by atoms with E-state index in [1.54, 1.807) is 0 Å². The van der Waals surface area contributed by atoms with Crippen molar-refractivity contribution < 1.29 is 13.9 Å². The fourth-order valence-corrected chi connectivity index (χ4v) is 1.04. The van der Waals surface area contributed by atoms with Crippen LogP contribution in [-0.2, 0) is 9.53 Å². The molecule has 0 radical (unpaired) electrons. The molecule has 1 aromatic rings. The monoisotopic (exact) mass is 212 g/mol. The average Bonchev–Trinajstić information content (AvgIpc) is 2.20. The van der Waals surface area contributed by atoms with Crippen molar-refractivity contribution in [1.29, 1.82) is 0 Å². The molecule has 4 nitrogen and oxygen atoms in total. The van der Waals surface area contributed by atoms with Crippen LogP contribution in [0.4, 0.5) is 15.8 Å². The summed E-state index contributed by atoms with van der Waals surface area (Å²) in [5.41, 5.74) is 5.84. The van der Waals surface area contributed by atoms with Crippen LogP contribution in [0.25, 0.3) is 0 Å². The van der Waals surface area contributed by atoms with Gasteiger partial charge in [-0.1, -0.05) is 0 Å². The van der Waals surface area contributed by atoms with Crippen molar-refractivity contribution in [2.24, 2.45) is 0 Å². The van der Waals surface area contributed by atoms with Gasteiger partial charge in [-0.15, -0.1) is 0 Å². The quantitative estimate of drug-likeness (QED) is 0.741. The second kappa shape index (κ2) is 5.31. The fourth-order valence-electron chi connectivity index (χ4n) is 1.04. The summed E-state index contributed by atoms with van der Waals surface area (Å²) in [5.74, 6) is -0.687. The number of anilines is 2. The minimum absolute atomic E-state index is 0.0135. The number of ether oxygens (including phenoxy) is 1. The molecule has 5 heteroatoms. The summed E-state index contributed by atoms with van der Waals surface area (Å²) >= 11 is 0. The lowest BCUT2D eigenvalue weighted by molar-refractivity contribution is -0.117. The summed E-state index contributed by atoms with van der Waals surface area (Å²) in [5, 5.41) is 2.58. The van der Waals surface area contributed by atoms with Crippen molar-refractivity contribution in [1.82, 2.24) is 0 Å². The Labute approximate surface area is 87.2 Å². The van der Waals surface area contributed by atoms with Crippen molar-refractivity contribution in [3.05, 3.63) is 24.0 Å². The van der Waals surface area contributed by atoms with E-state index < -0.39 is 5.82 Å². The van der Waals surface area contributed by atoms with E-state index in [1.165, 1.54) is 25.3 Å². The Bertz CT molecular complexity index is 355. The molecule has 1 aromatic carbocycles. The van der Waals surface area contributed by atoms with Crippen LogP contribution in [0.3, 0.4) is 0 Å². The SMILES string of the molecule is COCCC(=O)Nc1ccc(F)c(N)c1. The Balaban J connectivity index is 2.57. The molecule has 0 unspecified atom stereocenters. The van der Waals surface area contributed by atoms with Crippen LogP contribution in [-0.4, -0.2) is 19.6 Å². The summed E-state index contributed by atoms with van der Waals surface area (Å²) in [6, 6.07) is 4.04. The normalized spacial score (nSPS) is 10.0. The summed E-state index contributed by atoms with van der Waals surface area (Å²) in [6.45, 7) is 0.350. The molecular formula is C10H13FN2O2. The maximum atomic E-state index is 12.8. The number of hydrogen-bond donors (Lipinski definition) is 2. The highest BCUT2D eigenvalue weighted by atomic mass is 19.1. The Morgan fingerprint density at radius 1 is 1.60 bits per heavy atom. The Morgan fingerprint density at radius 3 is 2.93 bits per heavy atom. The lowest BCUT2D eigenvalue weighted by Gasteiger charge is -2.05. The molecule has 0 bridgehead atoms. The van der Waals surface area contributed by atoms with Crippen molar-refractivity contribution in [3.8, 4) is 0 Å². The van der Waals surface area contributed by atoms with E-state index in [0.717, 1.165) is 0 Å². The average molecular weight is 212 g/mol. The topological polar surface area (TPSA) is 64.3 Å². The smallest absolute Gasteiger partial charge is 0.226 e. The number of methoxy groups -OCH3 is 1. The van der Waals surface area contributed by atoms with Crippen molar-refractivity contribution >= 4 is 17.3 Å². The number of benzene rings is 1. The number of carbonyl (C=O) groups excluding carboxylic acids is 1. The highest BCUT2D eigenvalue weighted by molar-refractivity contribution is 5.91. The fraction of sp³-hybridized carbons (Fsp3) is 0.300. The van der Waals surface area contributed by atoms with E-state index in [4.69, 9.17) is 10.5 Å². The maximum Gasteiger partial charge on any atom is 0.226 e. The van der Waals surface area contributed by atoms with Crippen molar-refractivity contribution in [2.75, 3.05) is 24.8 Å². The van der Waals surface area contributed by atoms with Crippen LogP contribution < -0.4 is 11.1 Å². The predicted molar refractivity (Wildman–Crippen MR) is 55.9 cm³/mol. The van der Waals surface area contributed by atoms with Crippen LogP contribution in [0.15, 0.2) is 18.2 Å². The number of amides is 1. The first-order valence-electron chi connectivity index (χ1n) is 4.47. The van der Waals surface area contributed by atoms with Gasteiger partial charge >= 0.3 is 0 Å². The number of halogens is 1. The summed E-state index contributed by atoms with van der Waals surface area (Å²) in [6.07, 6.45) is 0.258. The van der Waals surface area contributed by atoms with Crippen LogP contribution >= 0.6 is 0 Å². The molecule has 0 aromatic heterocycles. The Hall–Kier alpha value is -1.62. The van der Waals surface area contributed by atoms with Gasteiger partial charge in [0.2, 0.25) is 5.91 Å². The van der Waals surface area contributed by atoms with Crippen LogP contribution in [0.5, 0.6) is 0 Å². The van der Waals surface area contributed by atoms with Gasteiger partial charge in [-0.05, 0) is 18.2 Å². The van der Waals surface area contributed by atoms with Crippen LogP contribution in [0.1, 0.15) is 6.42 Å². The van der Waals surface area contributed by atoms with E-state index >= 15 is 0 Å². The highest BCUT2D eigenvalue weighted by Crippen LogP contribution is 2.16. The molecule has 0 aliphatic heterocycles. The van der Waals surface area contributed by atoms with Gasteiger partial charge < -0.3 is 15.8 Å². The molecule has 0 spiro atoms. The van der Waals surface area contributed by atoms with Gasteiger partial charge in [0.15, 0.2) is 0 Å². The van der Waals surface area contributed by atoms with E-state index in [2.05, 4.69) is 5.32 Å². The van der Waals surface area contributed by atoms with Crippen molar-refractivity contribution in [3.63, 3.8) is 0 Å². The predicted octanol–water partition coefficient (Wildman–Crippen LogP) is 1.38. The number of hydrogen-bond acceptors (Lipinski definition) is 3. The lowest BCUT2D eigenvalue weighted by atomic mass is 10.2. The highest BCUT2D eigenvalue weighted by Gasteiger charge is 2.04. The zero-order valence-corrected chi connectivity index (χ0v) is 8.42. The van der Waals surface area contributed by atoms with Gasteiger partial charge in [-0.25, -0.2) is 4.39 Å². The minimum atomic E-state index is -0.495. The third kappa shape index (κ3) is 3.55. The first kappa shape index (κ1) is 11.5. The summed E-state index contributed by atoms with van der Waals surface area (Å²) < 4.78 is 17.5. The first-order valence-corrected chi connectivity index (χ1v) is 4.47. The number of nitrogens with one attached hydrogen (secondary N) is 1. The van der Waals surface area contributed by atoms with Gasteiger partial charge in [-0.3, -0.25) is 4.79 Å². The van der Waals surface area contributed by atoms with E-state index in [9.17, 15) is 9.18 Å². The first-order chi connectivity index (χ1) is 7.13. The van der Waals surface area contributed by atoms with E-state index in [-0.39, 0.29) is 18.0 Å². The largest absolute Gasteiger partial charge is 0.396 e. The molecule has 3 N–H and O–H groups in total. The number of nitrogens with two attached hydrogens (primary N) is 1. The third-order valence-corrected chi connectivity index (χ3v) is 1.81. The zero-order valence-electron chi connectivity index (χ0n) is 8.42. The maximum absolute atomic E-state index is 12.8. The molecule has 0 atom stereocenters. The molecule has 1 amide bonds. The second-order valence-electron chi connectivity index (χ2n) is 3.03. The molecule has 0 fully saturated rings. The van der Waals surface area contributed by atoms with Gasteiger partial charge in [0.05, 0.1) is 18.7 Å². The molecule has 82 valence electrons. The molecule has 15 heavy (non-hydrogen) atoms. The molecule has 0 saturated heterocycles. The van der Waals surface area contributed by atoms with Gasteiger partial charge in [0.1, 0.15) is 5.82 Å². The standard InChI is InChI=1S/C10H13FN2O2/c1-15-5-4-10(14)13-7-2-3-8(11)9(12)6-7/h2-3,6H,4-5,12H2,1H3,(H,13,14). The molecule has 1 rings (SSSR count). The third-order valence-electron chi connectivity index (χ3n) is 1.81. The minimum Gasteiger partial charge on any atom is -0.396 e. The van der Waals surface area contributed by atoms with Crippen LogP contribution in [0.2, 0.25) is 0 Å². The van der Waals surface area contributed by atoms with Crippen LogP contribution in [0, 0.1) is 5.82 Å². The lowest BCUT2D eigenvalue weighted by Crippen LogP contribution is -2.13.